The molecule has 1 aliphatic heterocycles. The summed E-state index contributed by atoms with van der Waals surface area (Å²) in [5, 5.41) is 0. The molecule has 102 valence electrons. The monoisotopic (exact) mass is 306 g/mol. The second-order valence-corrected chi connectivity index (χ2v) is 5.72. The van der Waals surface area contributed by atoms with Crippen molar-refractivity contribution in [2.75, 3.05) is 13.1 Å². The van der Waals surface area contributed by atoms with Crippen LogP contribution in [0.5, 0.6) is 0 Å². The molecule has 1 atom stereocenters. The highest BCUT2D eigenvalue weighted by Crippen LogP contribution is 2.22. The predicted molar refractivity (Wildman–Crippen MR) is 65.4 cm³/mol. The molecule has 1 saturated heterocycles. The van der Waals surface area contributed by atoms with Gasteiger partial charge in [0.1, 0.15) is 5.60 Å². The van der Waals surface area contributed by atoms with Crippen LogP contribution < -0.4 is 17.0 Å². The molecule has 0 bridgehead atoms. The Bertz CT molecular complexity index is 236. The van der Waals surface area contributed by atoms with Crippen LogP contribution in [0.2, 0.25) is 0 Å². The molecule has 0 aromatic rings. The molecule has 1 amide bonds. The smallest absolute Gasteiger partial charge is 0.410 e. The van der Waals surface area contributed by atoms with Crippen LogP contribution in [0.4, 0.5) is 4.79 Å². The summed E-state index contributed by atoms with van der Waals surface area (Å²) in [5.74, 6) is 0.672. The molecule has 0 saturated carbocycles. The van der Waals surface area contributed by atoms with E-state index in [-0.39, 0.29) is 28.7 Å². The Hall–Kier alpha value is -0.250. The van der Waals surface area contributed by atoms with Gasteiger partial charge in [-0.15, -0.1) is 0 Å². The Labute approximate surface area is 116 Å². The first kappa shape index (κ1) is 16.8. The van der Waals surface area contributed by atoms with Gasteiger partial charge in [-0.25, -0.2) is 4.79 Å². The molecule has 0 aliphatic carbocycles. The maximum absolute atomic E-state index is 11.9. The molecule has 0 spiro atoms. The van der Waals surface area contributed by atoms with Gasteiger partial charge in [0.05, 0.1) is 0 Å². The Morgan fingerprint density at radius 1 is 1.41 bits per heavy atom. The number of hydrogen-bond donors (Lipinski definition) is 0. The van der Waals surface area contributed by atoms with Crippen molar-refractivity contribution < 1.29 is 26.5 Å². The van der Waals surface area contributed by atoms with Gasteiger partial charge in [0, 0.05) is 13.1 Å². The van der Waals surface area contributed by atoms with Gasteiger partial charge < -0.3 is 26.6 Å². The summed E-state index contributed by atoms with van der Waals surface area (Å²) in [6.45, 7) is 9.68. The fourth-order valence-electron chi connectivity index (χ4n) is 2.20. The lowest BCUT2D eigenvalue weighted by Gasteiger charge is -2.34. The first-order valence-corrected chi connectivity index (χ1v) is 6.40. The summed E-state index contributed by atoms with van der Waals surface area (Å²) >= 11 is 0. The number of carbonyl (C=O) groups is 1. The van der Waals surface area contributed by atoms with Crippen molar-refractivity contribution in [2.45, 2.75) is 59.0 Å². The number of nitrogens with zero attached hydrogens (tertiary/aromatic N) is 1. The van der Waals surface area contributed by atoms with Crippen molar-refractivity contribution in [3.63, 3.8) is 0 Å². The molecule has 1 unspecified atom stereocenters. The maximum Gasteiger partial charge on any atom is 0.410 e. The number of halogens is 1. The van der Waals surface area contributed by atoms with Crippen molar-refractivity contribution in [1.29, 1.82) is 0 Å². The summed E-state index contributed by atoms with van der Waals surface area (Å²) < 4.78 is 5.39. The molecule has 1 fully saturated rings. The summed E-state index contributed by atoms with van der Waals surface area (Å²) in [7, 11) is 0. The lowest BCUT2D eigenvalue weighted by molar-refractivity contribution is -0.0000618. The summed E-state index contributed by atoms with van der Waals surface area (Å²) in [4.78, 5) is 13.7. The number of hydrogen-bond acceptors (Lipinski definition) is 2. The lowest BCUT2D eigenvalue weighted by Crippen LogP contribution is -3.00. The summed E-state index contributed by atoms with van der Waals surface area (Å²) in [6, 6.07) is 0. The van der Waals surface area contributed by atoms with Crippen LogP contribution in [0.25, 0.3) is 0 Å². The quantitative estimate of drug-likeness (QED) is 0.741. The lowest BCUT2D eigenvalue weighted by atomic mass is 9.94. The molecule has 4 heteroatoms. The van der Waals surface area contributed by atoms with Crippen LogP contribution in [0, 0.1) is 5.92 Å². The van der Waals surface area contributed by atoms with Gasteiger partial charge in [-0.1, -0.05) is 13.3 Å². The molecule has 0 radical (unpaired) electrons. The third kappa shape index (κ3) is 6.29. The van der Waals surface area contributed by atoms with E-state index in [4.69, 9.17) is 4.74 Å². The Morgan fingerprint density at radius 2 is 2.06 bits per heavy atom. The van der Waals surface area contributed by atoms with Crippen LogP contribution >= 0.6 is 0 Å². The topological polar surface area (TPSA) is 29.5 Å². The number of likely N-dealkylation sites (tertiary alicyclic amines) is 1. The highest BCUT2D eigenvalue weighted by Gasteiger charge is 2.26. The average molecular weight is 307 g/mol. The van der Waals surface area contributed by atoms with Crippen molar-refractivity contribution in [2.24, 2.45) is 5.92 Å². The predicted octanol–water partition coefficient (Wildman–Crippen LogP) is 0.438. The van der Waals surface area contributed by atoms with Gasteiger partial charge in [0.15, 0.2) is 0 Å². The van der Waals surface area contributed by atoms with E-state index in [2.05, 4.69) is 6.92 Å². The molecular weight excluding hydrogens is 282 g/mol. The summed E-state index contributed by atoms with van der Waals surface area (Å²) in [6.07, 6.45) is 4.65. The average Bonchev–Trinajstić information content (AvgIpc) is 2.16. The minimum absolute atomic E-state index is 0. The first-order valence-electron chi connectivity index (χ1n) is 6.40. The Morgan fingerprint density at radius 3 is 2.59 bits per heavy atom. The van der Waals surface area contributed by atoms with E-state index in [1.165, 1.54) is 19.3 Å². The van der Waals surface area contributed by atoms with Gasteiger partial charge in [0.2, 0.25) is 0 Å². The van der Waals surface area contributed by atoms with E-state index in [0.29, 0.717) is 5.92 Å². The molecular formula is C13H25BrNO2-. The SMILES string of the molecule is CCCC1CCCN(C(=O)OC(C)(C)C)C1.[Br-]. The number of carbonyl (C=O) groups excluding carboxylic acids is 1. The van der Waals surface area contributed by atoms with Crippen LogP contribution in [-0.2, 0) is 4.74 Å². The van der Waals surface area contributed by atoms with Gasteiger partial charge >= 0.3 is 6.09 Å². The number of amides is 1. The molecule has 0 N–H and O–H groups in total. The van der Waals surface area contributed by atoms with Gasteiger partial charge in [-0.3, -0.25) is 0 Å². The largest absolute Gasteiger partial charge is 1.00 e. The van der Waals surface area contributed by atoms with Crippen molar-refractivity contribution in [3.8, 4) is 0 Å². The Balaban J connectivity index is 0.00000256. The highest BCUT2D eigenvalue weighted by molar-refractivity contribution is 5.68. The van der Waals surface area contributed by atoms with Gasteiger partial charge in [0.25, 0.3) is 0 Å². The number of ether oxygens (including phenoxy) is 1. The molecule has 17 heavy (non-hydrogen) atoms. The molecule has 0 aromatic carbocycles. The van der Waals surface area contributed by atoms with E-state index in [0.717, 1.165) is 19.5 Å². The second kappa shape index (κ2) is 7.24. The van der Waals surface area contributed by atoms with Crippen molar-refractivity contribution >= 4 is 6.09 Å². The minimum atomic E-state index is -0.380. The normalized spacial score (nSPS) is 20.7. The van der Waals surface area contributed by atoms with E-state index in [1.807, 2.05) is 25.7 Å². The van der Waals surface area contributed by atoms with E-state index in [9.17, 15) is 4.79 Å². The van der Waals surface area contributed by atoms with Crippen LogP contribution in [0.1, 0.15) is 53.4 Å². The fourth-order valence-corrected chi connectivity index (χ4v) is 2.20. The van der Waals surface area contributed by atoms with Crippen molar-refractivity contribution in [3.05, 3.63) is 0 Å². The van der Waals surface area contributed by atoms with E-state index in [1.54, 1.807) is 0 Å². The minimum Gasteiger partial charge on any atom is -1.00 e. The summed E-state index contributed by atoms with van der Waals surface area (Å²) in [5.41, 5.74) is -0.380. The number of rotatable bonds is 2. The highest BCUT2D eigenvalue weighted by atomic mass is 79.9. The molecule has 3 nitrogen and oxygen atoms in total. The molecule has 0 aromatic heterocycles. The van der Waals surface area contributed by atoms with Gasteiger partial charge in [-0.05, 0) is 46.0 Å². The first-order chi connectivity index (χ1) is 7.42. The molecule has 1 aliphatic rings. The number of piperidine rings is 1. The van der Waals surface area contributed by atoms with Crippen LogP contribution in [-0.4, -0.2) is 29.7 Å². The Kier molecular flexibility index (Phi) is 7.14. The fraction of sp³-hybridized carbons (Fsp3) is 0.923. The standard InChI is InChI=1S/C13H25NO2.BrH/c1-5-7-11-8-6-9-14(10-11)12(15)16-13(2,3)4;/h11H,5-10H2,1-4H3;1H/p-1. The zero-order valence-corrected chi connectivity index (χ0v) is 13.0. The molecule has 1 heterocycles. The third-order valence-corrected chi connectivity index (χ3v) is 2.87. The second-order valence-electron chi connectivity index (χ2n) is 5.72. The zero-order valence-electron chi connectivity index (χ0n) is 11.5. The van der Waals surface area contributed by atoms with E-state index >= 15 is 0 Å². The van der Waals surface area contributed by atoms with Crippen LogP contribution in [0.15, 0.2) is 0 Å². The zero-order chi connectivity index (χ0) is 12.2. The van der Waals surface area contributed by atoms with E-state index < -0.39 is 0 Å². The maximum atomic E-state index is 11.9. The third-order valence-electron chi connectivity index (χ3n) is 2.87. The van der Waals surface area contributed by atoms with Crippen molar-refractivity contribution in [1.82, 2.24) is 4.90 Å². The molecule has 1 rings (SSSR count). The van der Waals surface area contributed by atoms with Gasteiger partial charge in [-0.2, -0.15) is 0 Å². The van der Waals surface area contributed by atoms with Crippen LogP contribution in [0.3, 0.4) is 0 Å².